The molecule has 0 fully saturated rings. The van der Waals surface area contributed by atoms with Gasteiger partial charge in [0.1, 0.15) is 0 Å². The lowest BCUT2D eigenvalue weighted by atomic mass is 10.1. The molecule has 4 heteroatoms. The van der Waals surface area contributed by atoms with E-state index in [1.165, 1.54) is 6.08 Å². The molecule has 1 aliphatic rings. The molecular formula is C7H8FNO2. The highest BCUT2D eigenvalue weighted by atomic mass is 19.1. The summed E-state index contributed by atoms with van der Waals surface area (Å²) < 4.78 is 11.9. The summed E-state index contributed by atoms with van der Waals surface area (Å²) in [5.74, 6) is -1.03. The molecule has 0 saturated carbocycles. The lowest BCUT2D eigenvalue weighted by molar-refractivity contribution is -0.132. The molecular weight excluding hydrogens is 149 g/mol. The smallest absolute Gasteiger partial charge is 0.331 e. The van der Waals surface area contributed by atoms with Gasteiger partial charge in [0.05, 0.1) is 6.33 Å². The molecule has 1 atom stereocenters. The second-order valence-electron chi connectivity index (χ2n) is 2.38. The van der Waals surface area contributed by atoms with Gasteiger partial charge in [0, 0.05) is 18.0 Å². The van der Waals surface area contributed by atoms with Gasteiger partial charge in [-0.2, -0.15) is 0 Å². The number of halogens is 1. The average Bonchev–Trinajstić information content (AvgIpc) is 2.31. The lowest BCUT2D eigenvalue weighted by Crippen LogP contribution is -2.15. The zero-order valence-corrected chi connectivity index (χ0v) is 5.75. The van der Waals surface area contributed by atoms with Crippen LogP contribution in [0, 0.1) is 0 Å². The predicted molar refractivity (Wildman–Crippen MR) is 37.5 cm³/mol. The van der Waals surface area contributed by atoms with Crippen molar-refractivity contribution >= 4 is 5.97 Å². The summed E-state index contributed by atoms with van der Waals surface area (Å²) in [4.78, 5) is 10.3. The first-order chi connectivity index (χ1) is 5.15. The normalized spacial score (nSPS) is 27.3. The molecule has 11 heavy (non-hydrogen) atoms. The third-order valence-electron chi connectivity index (χ3n) is 1.62. The van der Waals surface area contributed by atoms with Crippen LogP contribution in [0.5, 0.6) is 0 Å². The van der Waals surface area contributed by atoms with Crippen molar-refractivity contribution in [2.45, 2.75) is 12.5 Å². The first kappa shape index (κ1) is 7.94. The molecule has 0 aromatic carbocycles. The Kier molecular flexibility index (Phi) is 2.05. The number of nitrogens with two attached hydrogens (primary N) is 1. The maximum Gasteiger partial charge on any atom is 0.331 e. The number of carboxylic acid groups (broad SMARTS) is 1. The Bertz CT molecular complexity index is 245. The van der Waals surface area contributed by atoms with Gasteiger partial charge in [-0.25, -0.2) is 9.18 Å². The fourth-order valence-corrected chi connectivity index (χ4v) is 0.979. The summed E-state index contributed by atoms with van der Waals surface area (Å²) in [6, 6.07) is -0.564. The van der Waals surface area contributed by atoms with Gasteiger partial charge in [0.15, 0.2) is 0 Å². The molecule has 1 aliphatic carbocycles. The molecule has 0 unspecified atom stereocenters. The zero-order valence-electron chi connectivity index (χ0n) is 5.75. The van der Waals surface area contributed by atoms with Crippen molar-refractivity contribution < 1.29 is 14.3 Å². The zero-order chi connectivity index (χ0) is 8.43. The Labute approximate surface area is 63.0 Å². The molecule has 0 aliphatic heterocycles. The van der Waals surface area contributed by atoms with E-state index in [0.717, 1.165) is 0 Å². The Balaban J connectivity index is 2.79. The highest BCUT2D eigenvalue weighted by Gasteiger charge is 2.22. The van der Waals surface area contributed by atoms with Crippen molar-refractivity contribution in [1.29, 1.82) is 0 Å². The van der Waals surface area contributed by atoms with E-state index in [2.05, 4.69) is 0 Å². The first-order valence-corrected chi connectivity index (χ1v) is 3.14. The Hall–Kier alpha value is -1.16. The van der Waals surface area contributed by atoms with E-state index < -0.39 is 12.0 Å². The van der Waals surface area contributed by atoms with Crippen molar-refractivity contribution in [2.24, 2.45) is 5.73 Å². The number of aliphatic carboxylic acids is 1. The second-order valence-corrected chi connectivity index (χ2v) is 2.38. The first-order valence-electron chi connectivity index (χ1n) is 3.14. The molecule has 0 saturated heterocycles. The van der Waals surface area contributed by atoms with Crippen molar-refractivity contribution in [3.05, 3.63) is 23.6 Å². The molecule has 1 rings (SSSR count). The maximum atomic E-state index is 11.9. The monoisotopic (exact) mass is 157 g/mol. The van der Waals surface area contributed by atoms with Crippen LogP contribution < -0.4 is 5.73 Å². The highest BCUT2D eigenvalue weighted by Crippen LogP contribution is 2.23. The van der Waals surface area contributed by atoms with E-state index >= 15 is 0 Å². The molecule has 0 spiro atoms. The fraction of sp³-hybridized carbons (Fsp3) is 0.286. The summed E-state index contributed by atoms with van der Waals surface area (Å²) in [7, 11) is 0. The largest absolute Gasteiger partial charge is 0.478 e. The molecule has 0 amide bonds. The number of carboxylic acids is 1. The number of rotatable bonds is 1. The summed E-state index contributed by atoms with van der Waals surface area (Å²) in [6.45, 7) is 0. The van der Waals surface area contributed by atoms with E-state index in [1.54, 1.807) is 0 Å². The molecule has 3 N–H and O–H groups in total. The van der Waals surface area contributed by atoms with Crippen LogP contribution in [-0.2, 0) is 4.79 Å². The van der Waals surface area contributed by atoms with Crippen LogP contribution in [0.2, 0.25) is 0 Å². The van der Waals surface area contributed by atoms with Gasteiger partial charge in [-0.15, -0.1) is 0 Å². The van der Waals surface area contributed by atoms with E-state index in [4.69, 9.17) is 10.8 Å². The summed E-state index contributed by atoms with van der Waals surface area (Å²) in [6.07, 6.45) is 1.85. The number of hydrogen-bond acceptors (Lipinski definition) is 2. The maximum absolute atomic E-state index is 11.9. The van der Waals surface area contributed by atoms with Gasteiger partial charge in [-0.1, -0.05) is 6.08 Å². The van der Waals surface area contributed by atoms with Crippen molar-refractivity contribution in [1.82, 2.24) is 0 Å². The molecule has 0 bridgehead atoms. The van der Waals surface area contributed by atoms with E-state index in [1.807, 2.05) is 0 Å². The van der Waals surface area contributed by atoms with Crippen LogP contribution >= 0.6 is 0 Å². The van der Waals surface area contributed by atoms with Gasteiger partial charge < -0.3 is 10.8 Å². The van der Waals surface area contributed by atoms with Crippen LogP contribution in [0.1, 0.15) is 6.42 Å². The summed E-state index contributed by atoms with van der Waals surface area (Å²) >= 11 is 0. The van der Waals surface area contributed by atoms with Crippen molar-refractivity contribution in [3.8, 4) is 0 Å². The molecule has 0 aromatic heterocycles. The van der Waals surface area contributed by atoms with Gasteiger partial charge in [-0.05, 0) is 5.57 Å². The molecule has 3 nitrogen and oxygen atoms in total. The van der Waals surface area contributed by atoms with E-state index in [9.17, 15) is 9.18 Å². The number of carbonyl (C=O) groups is 1. The topological polar surface area (TPSA) is 63.3 Å². The predicted octanol–water partition coefficient (Wildman–Crippen LogP) is 0.582. The SMILES string of the molecule is N[C@H]1C=C(C(=O)O)C/C1=C\F. The van der Waals surface area contributed by atoms with Crippen LogP contribution in [0.4, 0.5) is 4.39 Å². The highest BCUT2D eigenvalue weighted by molar-refractivity contribution is 5.88. The minimum atomic E-state index is -1.03. The van der Waals surface area contributed by atoms with E-state index in [0.29, 0.717) is 11.9 Å². The van der Waals surface area contributed by atoms with Crippen molar-refractivity contribution in [2.75, 3.05) is 0 Å². The average molecular weight is 157 g/mol. The van der Waals surface area contributed by atoms with Gasteiger partial charge in [0.2, 0.25) is 0 Å². The molecule has 0 aromatic rings. The second kappa shape index (κ2) is 2.84. The van der Waals surface area contributed by atoms with Crippen LogP contribution in [-0.4, -0.2) is 17.1 Å². The molecule has 60 valence electrons. The third-order valence-corrected chi connectivity index (χ3v) is 1.62. The fourth-order valence-electron chi connectivity index (χ4n) is 0.979. The molecule has 0 heterocycles. The van der Waals surface area contributed by atoms with Crippen LogP contribution in [0.25, 0.3) is 0 Å². The standard InChI is InChI=1S/C7H8FNO2/c8-3-5-1-4(7(10)11)2-6(5)9/h2-3,6H,1,9H2,(H,10,11)/b5-3+/t6-/m0/s1. The summed E-state index contributed by atoms with van der Waals surface area (Å²) in [5.41, 5.74) is 5.86. The lowest BCUT2D eigenvalue weighted by Gasteiger charge is -1.98. The quantitative estimate of drug-likeness (QED) is 0.585. The number of hydrogen-bond donors (Lipinski definition) is 2. The van der Waals surface area contributed by atoms with Gasteiger partial charge in [-0.3, -0.25) is 0 Å². The van der Waals surface area contributed by atoms with Crippen LogP contribution in [0.15, 0.2) is 23.6 Å². The minimum Gasteiger partial charge on any atom is -0.478 e. The Morgan fingerprint density at radius 3 is 2.82 bits per heavy atom. The van der Waals surface area contributed by atoms with E-state index in [-0.39, 0.29) is 12.0 Å². The van der Waals surface area contributed by atoms with Crippen LogP contribution in [0.3, 0.4) is 0 Å². The molecule has 0 radical (unpaired) electrons. The minimum absolute atomic E-state index is 0.118. The summed E-state index contributed by atoms with van der Waals surface area (Å²) in [5, 5.41) is 8.47. The van der Waals surface area contributed by atoms with Crippen molar-refractivity contribution in [3.63, 3.8) is 0 Å². The van der Waals surface area contributed by atoms with Gasteiger partial charge in [0.25, 0.3) is 0 Å². The van der Waals surface area contributed by atoms with Gasteiger partial charge >= 0.3 is 5.97 Å². The Morgan fingerprint density at radius 1 is 1.91 bits per heavy atom. The Morgan fingerprint density at radius 2 is 2.55 bits per heavy atom. The third kappa shape index (κ3) is 1.46.